The molecule has 0 fully saturated rings. The molecule has 0 saturated carbocycles. The lowest BCUT2D eigenvalue weighted by molar-refractivity contribution is 0.133. The minimum Gasteiger partial charge on any atom is -0.377 e. The van der Waals surface area contributed by atoms with Crippen LogP contribution in [0.25, 0.3) is 0 Å². The molecule has 0 aromatic heterocycles. The summed E-state index contributed by atoms with van der Waals surface area (Å²) in [6, 6.07) is 8.31. The molecule has 1 rings (SSSR count). The number of rotatable bonds is 8. The van der Waals surface area contributed by atoms with Crippen molar-refractivity contribution < 1.29 is 4.74 Å². The predicted octanol–water partition coefficient (Wildman–Crippen LogP) is 2.69. The number of hydrogen-bond acceptors (Lipinski definition) is 2. The summed E-state index contributed by atoms with van der Waals surface area (Å²) in [5.41, 5.74) is 2.43. The molecule has 0 saturated heterocycles. The van der Waals surface area contributed by atoms with Crippen molar-refractivity contribution in [3.8, 4) is 0 Å². The van der Waals surface area contributed by atoms with Gasteiger partial charge in [-0.25, -0.2) is 4.99 Å². The molecule has 4 heteroatoms. The van der Waals surface area contributed by atoms with Gasteiger partial charge in [-0.3, -0.25) is 0 Å². The van der Waals surface area contributed by atoms with Gasteiger partial charge in [-0.2, -0.15) is 0 Å². The second-order valence-corrected chi connectivity index (χ2v) is 4.53. The summed E-state index contributed by atoms with van der Waals surface area (Å²) in [5, 5.41) is 6.57. The Bertz CT molecular complexity index is 404. The smallest absolute Gasteiger partial charge is 0.191 e. The summed E-state index contributed by atoms with van der Waals surface area (Å²) < 4.78 is 5.50. The van der Waals surface area contributed by atoms with E-state index in [2.05, 4.69) is 41.6 Å². The van der Waals surface area contributed by atoms with Crippen LogP contribution in [-0.2, 0) is 17.9 Å². The molecule has 0 aliphatic carbocycles. The van der Waals surface area contributed by atoms with Crippen LogP contribution >= 0.6 is 0 Å². The normalized spacial score (nSPS) is 11.4. The maximum atomic E-state index is 5.50. The van der Waals surface area contributed by atoms with Gasteiger partial charge in [0.1, 0.15) is 0 Å². The molecule has 1 aromatic carbocycles. The number of aliphatic imine (C=N–C) groups is 1. The molecule has 1 aromatic rings. The molecule has 0 atom stereocenters. The number of nitrogens with one attached hydrogen (secondary N) is 2. The first kappa shape index (κ1) is 16.5. The summed E-state index contributed by atoms with van der Waals surface area (Å²) in [5.74, 6) is 0.876. The van der Waals surface area contributed by atoms with Gasteiger partial charge in [0.25, 0.3) is 0 Å². The van der Waals surface area contributed by atoms with E-state index in [-0.39, 0.29) is 0 Å². The van der Waals surface area contributed by atoms with Gasteiger partial charge in [0.05, 0.1) is 13.2 Å². The van der Waals surface area contributed by atoms with Crippen molar-refractivity contribution in [2.75, 3.05) is 19.7 Å². The second-order valence-electron chi connectivity index (χ2n) is 4.53. The van der Waals surface area contributed by atoms with Gasteiger partial charge in [-0.05, 0) is 31.4 Å². The van der Waals surface area contributed by atoms with E-state index >= 15 is 0 Å². The summed E-state index contributed by atoms with van der Waals surface area (Å²) in [4.78, 5) is 4.63. The lowest BCUT2D eigenvalue weighted by Crippen LogP contribution is -2.37. The molecular weight excluding hydrogens is 250 g/mol. The van der Waals surface area contributed by atoms with E-state index in [1.165, 1.54) is 11.1 Å². The van der Waals surface area contributed by atoms with Gasteiger partial charge in [0, 0.05) is 19.7 Å². The molecule has 0 unspecified atom stereocenters. The molecule has 20 heavy (non-hydrogen) atoms. The topological polar surface area (TPSA) is 45.7 Å². The van der Waals surface area contributed by atoms with Crippen molar-refractivity contribution in [3.05, 3.63) is 35.4 Å². The number of benzene rings is 1. The van der Waals surface area contributed by atoms with Crippen molar-refractivity contribution in [2.45, 2.75) is 40.3 Å². The van der Waals surface area contributed by atoms with Gasteiger partial charge in [0.15, 0.2) is 5.96 Å². The zero-order valence-corrected chi connectivity index (χ0v) is 12.9. The number of hydrogen-bond donors (Lipinski definition) is 2. The second kappa shape index (κ2) is 10.3. The summed E-state index contributed by atoms with van der Waals surface area (Å²) in [6.45, 7) is 10.1. The van der Waals surface area contributed by atoms with Crippen molar-refractivity contribution in [1.29, 1.82) is 0 Å². The minimum atomic E-state index is 0.654. The Morgan fingerprint density at radius 2 is 1.85 bits per heavy atom. The van der Waals surface area contributed by atoms with Gasteiger partial charge in [-0.1, -0.05) is 31.2 Å². The number of guanidine groups is 1. The molecule has 0 radical (unpaired) electrons. The molecule has 0 amide bonds. The van der Waals surface area contributed by atoms with Crippen LogP contribution in [0.4, 0.5) is 0 Å². The highest BCUT2D eigenvalue weighted by Gasteiger charge is 2.02. The lowest BCUT2D eigenvalue weighted by Gasteiger charge is -2.11. The van der Waals surface area contributed by atoms with E-state index in [0.717, 1.165) is 32.1 Å². The number of nitrogens with zero attached hydrogens (tertiary/aromatic N) is 1. The van der Waals surface area contributed by atoms with Crippen LogP contribution in [-0.4, -0.2) is 25.7 Å². The average Bonchev–Trinajstić information content (AvgIpc) is 2.48. The third-order valence-electron chi connectivity index (χ3n) is 2.87. The van der Waals surface area contributed by atoms with Crippen molar-refractivity contribution >= 4 is 5.96 Å². The predicted molar refractivity (Wildman–Crippen MR) is 84.9 cm³/mol. The Morgan fingerprint density at radius 1 is 1.10 bits per heavy atom. The van der Waals surface area contributed by atoms with Crippen molar-refractivity contribution in [1.82, 2.24) is 10.6 Å². The van der Waals surface area contributed by atoms with Crippen LogP contribution in [0.5, 0.6) is 0 Å². The van der Waals surface area contributed by atoms with Crippen LogP contribution in [0, 0.1) is 0 Å². The minimum absolute atomic E-state index is 0.654. The van der Waals surface area contributed by atoms with Crippen LogP contribution in [0.3, 0.4) is 0 Å². The third-order valence-corrected chi connectivity index (χ3v) is 2.87. The SMILES string of the molecule is CCCNC(=NCc1ccccc1COCC)NCC. The highest BCUT2D eigenvalue weighted by Crippen LogP contribution is 2.11. The van der Waals surface area contributed by atoms with Gasteiger partial charge >= 0.3 is 0 Å². The quantitative estimate of drug-likeness (QED) is 0.567. The molecule has 0 spiro atoms. The van der Waals surface area contributed by atoms with Gasteiger partial charge in [-0.15, -0.1) is 0 Å². The van der Waals surface area contributed by atoms with Crippen LogP contribution in [0.2, 0.25) is 0 Å². The number of ether oxygens (including phenoxy) is 1. The third kappa shape index (κ3) is 6.06. The fraction of sp³-hybridized carbons (Fsp3) is 0.562. The van der Waals surface area contributed by atoms with E-state index in [1.807, 2.05) is 19.1 Å². The Kier molecular flexibility index (Phi) is 8.47. The maximum absolute atomic E-state index is 5.50. The molecule has 0 aliphatic heterocycles. The Labute approximate surface area is 122 Å². The van der Waals surface area contributed by atoms with Crippen molar-refractivity contribution in [2.24, 2.45) is 4.99 Å². The molecule has 0 heterocycles. The Balaban J connectivity index is 2.69. The van der Waals surface area contributed by atoms with Gasteiger partial charge in [0.2, 0.25) is 0 Å². The average molecular weight is 277 g/mol. The zero-order chi connectivity index (χ0) is 14.6. The van der Waals surface area contributed by atoms with E-state index in [4.69, 9.17) is 4.74 Å². The standard InChI is InChI=1S/C16H27N3O/c1-4-11-18-16(17-5-2)19-12-14-9-7-8-10-15(14)13-20-6-3/h7-10H,4-6,11-13H2,1-3H3,(H2,17,18,19). The largest absolute Gasteiger partial charge is 0.377 e. The van der Waals surface area contributed by atoms with Crippen LogP contribution < -0.4 is 10.6 Å². The Hall–Kier alpha value is -1.55. The van der Waals surface area contributed by atoms with Crippen molar-refractivity contribution in [3.63, 3.8) is 0 Å². The van der Waals surface area contributed by atoms with Crippen LogP contribution in [0.1, 0.15) is 38.3 Å². The molecule has 112 valence electrons. The highest BCUT2D eigenvalue weighted by atomic mass is 16.5. The van der Waals surface area contributed by atoms with Gasteiger partial charge < -0.3 is 15.4 Å². The first-order valence-corrected chi connectivity index (χ1v) is 7.48. The molecule has 0 bridgehead atoms. The summed E-state index contributed by atoms with van der Waals surface area (Å²) in [7, 11) is 0. The fourth-order valence-corrected chi connectivity index (χ4v) is 1.81. The van der Waals surface area contributed by atoms with E-state index < -0.39 is 0 Å². The fourth-order valence-electron chi connectivity index (χ4n) is 1.81. The highest BCUT2D eigenvalue weighted by molar-refractivity contribution is 5.79. The summed E-state index contributed by atoms with van der Waals surface area (Å²) >= 11 is 0. The maximum Gasteiger partial charge on any atom is 0.191 e. The molecular formula is C16H27N3O. The zero-order valence-electron chi connectivity index (χ0n) is 12.9. The first-order chi connectivity index (χ1) is 9.81. The van der Waals surface area contributed by atoms with E-state index in [9.17, 15) is 0 Å². The monoisotopic (exact) mass is 277 g/mol. The molecule has 0 aliphatic rings. The van der Waals surface area contributed by atoms with E-state index in [1.54, 1.807) is 0 Å². The Morgan fingerprint density at radius 3 is 2.50 bits per heavy atom. The molecule has 2 N–H and O–H groups in total. The summed E-state index contributed by atoms with van der Waals surface area (Å²) in [6.07, 6.45) is 1.09. The first-order valence-electron chi connectivity index (χ1n) is 7.48. The molecule has 4 nitrogen and oxygen atoms in total. The van der Waals surface area contributed by atoms with E-state index in [0.29, 0.717) is 13.2 Å². The van der Waals surface area contributed by atoms with Crippen LogP contribution in [0.15, 0.2) is 29.3 Å². The lowest BCUT2D eigenvalue weighted by atomic mass is 10.1.